The van der Waals surface area contributed by atoms with Crippen molar-refractivity contribution in [3.63, 3.8) is 0 Å². The van der Waals surface area contributed by atoms with E-state index in [1.54, 1.807) is 30.9 Å². The van der Waals surface area contributed by atoms with Crippen LogP contribution in [-0.4, -0.2) is 74.0 Å². The summed E-state index contributed by atoms with van der Waals surface area (Å²) in [6.07, 6.45) is 1.20. The monoisotopic (exact) mass is 590 g/mol. The lowest BCUT2D eigenvalue weighted by Crippen LogP contribution is -2.21. The number of hydrogen-bond donors (Lipinski definition) is 3. The molecule has 0 saturated heterocycles. The number of hydrogen-bond acceptors (Lipinski definition) is 7. The van der Waals surface area contributed by atoms with E-state index in [0.29, 0.717) is 23.2 Å². The van der Waals surface area contributed by atoms with Crippen molar-refractivity contribution in [1.29, 1.82) is 0 Å². The second kappa shape index (κ2) is 13.6. The Bertz CT molecular complexity index is 1300. The minimum absolute atomic E-state index is 0.138. The molecule has 0 radical (unpaired) electrons. The van der Waals surface area contributed by atoms with Gasteiger partial charge in [-0.1, -0.05) is 0 Å². The second-order valence-electron chi connectivity index (χ2n) is 8.68. The standard InChI is InChI=1S/C20H22N6O.2C2HF3O2/c1-25(2)20-22-9-16(10-23-20)15-8-18(26(13-15)12-14-5-6-14)19(27)24-17-4-3-7-21-11-17;2*3-2(4,5)1(6)7/h3-4,7-11,13-14H,5-6,12H2,1-2H3,(H,24,27);2*(H,6,7). The van der Waals surface area contributed by atoms with E-state index in [1.165, 1.54) is 12.8 Å². The summed E-state index contributed by atoms with van der Waals surface area (Å²) in [4.78, 5) is 45.3. The van der Waals surface area contributed by atoms with Gasteiger partial charge in [-0.15, -0.1) is 0 Å². The molecule has 3 aromatic heterocycles. The van der Waals surface area contributed by atoms with Gasteiger partial charge in [0.15, 0.2) is 0 Å². The van der Waals surface area contributed by atoms with Crippen LogP contribution in [0.3, 0.4) is 0 Å². The summed E-state index contributed by atoms with van der Waals surface area (Å²) in [6.45, 7) is 0.854. The molecule has 1 fully saturated rings. The van der Waals surface area contributed by atoms with Gasteiger partial charge in [0, 0.05) is 56.6 Å². The molecular weight excluding hydrogens is 566 g/mol. The van der Waals surface area contributed by atoms with Crippen molar-refractivity contribution in [1.82, 2.24) is 19.5 Å². The highest BCUT2D eigenvalue weighted by Crippen LogP contribution is 2.32. The number of carboxylic acid groups (broad SMARTS) is 2. The van der Waals surface area contributed by atoms with Crippen LogP contribution in [0, 0.1) is 5.92 Å². The minimum atomic E-state index is -5.08. The molecule has 4 rings (SSSR count). The Labute approximate surface area is 228 Å². The van der Waals surface area contributed by atoms with E-state index in [-0.39, 0.29) is 5.91 Å². The highest BCUT2D eigenvalue weighted by atomic mass is 19.4. The van der Waals surface area contributed by atoms with E-state index < -0.39 is 24.3 Å². The molecule has 222 valence electrons. The molecule has 11 nitrogen and oxygen atoms in total. The van der Waals surface area contributed by atoms with Crippen LogP contribution in [0.15, 0.2) is 49.2 Å². The van der Waals surface area contributed by atoms with Crippen LogP contribution < -0.4 is 10.2 Å². The van der Waals surface area contributed by atoms with Crippen molar-refractivity contribution in [3.8, 4) is 11.1 Å². The number of carbonyl (C=O) groups excluding carboxylic acids is 1. The van der Waals surface area contributed by atoms with Crippen LogP contribution in [-0.2, 0) is 16.1 Å². The molecule has 0 spiro atoms. The minimum Gasteiger partial charge on any atom is -0.475 e. The molecular formula is C24H24F6N6O5. The molecule has 3 N–H and O–H groups in total. The number of carboxylic acids is 2. The van der Waals surface area contributed by atoms with Crippen molar-refractivity contribution >= 4 is 29.5 Å². The first-order valence-corrected chi connectivity index (χ1v) is 11.5. The zero-order chi connectivity index (χ0) is 31.0. The Balaban J connectivity index is 0.000000349. The molecule has 1 amide bonds. The summed E-state index contributed by atoms with van der Waals surface area (Å²) in [5, 5.41) is 17.2. The SMILES string of the molecule is CN(C)c1ncc(-c2cc(C(=O)Nc3cccnc3)n(CC3CC3)c2)cn1.O=C(O)C(F)(F)F.O=C(O)C(F)(F)F. The van der Waals surface area contributed by atoms with E-state index in [9.17, 15) is 31.1 Å². The largest absolute Gasteiger partial charge is 0.490 e. The van der Waals surface area contributed by atoms with Gasteiger partial charge >= 0.3 is 24.3 Å². The number of halogens is 6. The van der Waals surface area contributed by atoms with Gasteiger partial charge in [0.05, 0.1) is 11.9 Å². The number of rotatable bonds is 6. The second-order valence-corrected chi connectivity index (χ2v) is 8.68. The van der Waals surface area contributed by atoms with Crippen LogP contribution in [0.2, 0.25) is 0 Å². The zero-order valence-electron chi connectivity index (χ0n) is 21.4. The highest BCUT2D eigenvalue weighted by Gasteiger charge is 2.38. The summed E-state index contributed by atoms with van der Waals surface area (Å²) in [5.74, 6) is -4.34. The van der Waals surface area contributed by atoms with Crippen LogP contribution in [0.25, 0.3) is 11.1 Å². The normalized spacial score (nSPS) is 12.7. The van der Waals surface area contributed by atoms with E-state index in [1.807, 2.05) is 41.9 Å². The summed E-state index contributed by atoms with van der Waals surface area (Å²) in [5.41, 5.74) is 3.15. The third-order valence-corrected chi connectivity index (χ3v) is 5.06. The third kappa shape index (κ3) is 10.8. The quantitative estimate of drug-likeness (QED) is 0.357. The maximum atomic E-state index is 12.8. The molecule has 0 bridgehead atoms. The van der Waals surface area contributed by atoms with E-state index in [4.69, 9.17) is 19.8 Å². The number of amides is 1. The number of aliphatic carboxylic acids is 2. The number of aromatic nitrogens is 4. The third-order valence-electron chi connectivity index (χ3n) is 5.06. The Morgan fingerprint density at radius 2 is 1.51 bits per heavy atom. The fourth-order valence-corrected chi connectivity index (χ4v) is 2.92. The fourth-order valence-electron chi connectivity index (χ4n) is 2.92. The molecule has 1 aliphatic carbocycles. The van der Waals surface area contributed by atoms with Gasteiger partial charge < -0.3 is 25.0 Å². The number of pyridine rings is 1. The smallest absolute Gasteiger partial charge is 0.475 e. The first kappa shape index (κ1) is 32.5. The van der Waals surface area contributed by atoms with Gasteiger partial charge in [0.1, 0.15) is 5.69 Å². The van der Waals surface area contributed by atoms with E-state index in [0.717, 1.165) is 17.7 Å². The first-order chi connectivity index (χ1) is 19.0. The zero-order valence-corrected chi connectivity index (χ0v) is 21.4. The number of nitrogens with zero attached hydrogens (tertiary/aromatic N) is 5. The highest BCUT2D eigenvalue weighted by molar-refractivity contribution is 6.04. The Morgan fingerprint density at radius 1 is 0.976 bits per heavy atom. The van der Waals surface area contributed by atoms with Crippen LogP contribution in [0.4, 0.5) is 38.0 Å². The van der Waals surface area contributed by atoms with Gasteiger partial charge in [-0.05, 0) is 37.0 Å². The van der Waals surface area contributed by atoms with Crippen LogP contribution >= 0.6 is 0 Å². The molecule has 0 unspecified atom stereocenters. The fraction of sp³-hybridized carbons (Fsp3) is 0.333. The molecule has 1 saturated carbocycles. The topological polar surface area (TPSA) is 151 Å². The van der Waals surface area contributed by atoms with Crippen molar-refractivity contribution < 1.29 is 50.9 Å². The Hall–Kier alpha value is -4.70. The lowest BCUT2D eigenvalue weighted by molar-refractivity contribution is -0.193. The van der Waals surface area contributed by atoms with Crippen molar-refractivity contribution in [2.24, 2.45) is 5.92 Å². The molecule has 17 heteroatoms. The van der Waals surface area contributed by atoms with E-state index >= 15 is 0 Å². The van der Waals surface area contributed by atoms with Gasteiger partial charge in [-0.3, -0.25) is 9.78 Å². The van der Waals surface area contributed by atoms with Crippen LogP contribution in [0.5, 0.6) is 0 Å². The number of anilines is 2. The number of carbonyl (C=O) groups is 3. The van der Waals surface area contributed by atoms with Crippen molar-refractivity contribution in [2.75, 3.05) is 24.3 Å². The van der Waals surface area contributed by atoms with Crippen molar-refractivity contribution in [3.05, 3.63) is 54.9 Å². The first-order valence-electron chi connectivity index (χ1n) is 11.5. The van der Waals surface area contributed by atoms with Crippen molar-refractivity contribution in [2.45, 2.75) is 31.7 Å². The summed E-state index contributed by atoms with van der Waals surface area (Å²) < 4.78 is 65.5. The maximum absolute atomic E-state index is 12.8. The molecule has 1 aliphatic rings. The molecule has 3 heterocycles. The molecule has 3 aromatic rings. The predicted molar refractivity (Wildman–Crippen MR) is 132 cm³/mol. The summed E-state index contributed by atoms with van der Waals surface area (Å²) in [7, 11) is 3.81. The lowest BCUT2D eigenvalue weighted by atomic mass is 10.2. The maximum Gasteiger partial charge on any atom is 0.490 e. The van der Waals surface area contributed by atoms with Gasteiger partial charge in [0.25, 0.3) is 5.91 Å². The van der Waals surface area contributed by atoms with E-state index in [2.05, 4.69) is 20.3 Å². The average Bonchev–Trinajstić information content (AvgIpc) is 3.60. The Kier molecular flexibility index (Phi) is 10.8. The number of nitrogens with one attached hydrogen (secondary N) is 1. The summed E-state index contributed by atoms with van der Waals surface area (Å²) in [6, 6.07) is 5.53. The Morgan fingerprint density at radius 3 is 1.93 bits per heavy atom. The number of alkyl halides is 6. The van der Waals surface area contributed by atoms with Gasteiger partial charge in [-0.25, -0.2) is 19.6 Å². The summed E-state index contributed by atoms with van der Waals surface area (Å²) >= 11 is 0. The molecule has 41 heavy (non-hydrogen) atoms. The van der Waals surface area contributed by atoms with Crippen LogP contribution in [0.1, 0.15) is 23.3 Å². The molecule has 0 atom stereocenters. The predicted octanol–water partition coefficient (Wildman–Crippen LogP) is 4.34. The lowest BCUT2D eigenvalue weighted by Gasteiger charge is -2.09. The average molecular weight is 590 g/mol. The molecule has 0 aliphatic heterocycles. The van der Waals surface area contributed by atoms with Gasteiger partial charge in [-0.2, -0.15) is 26.3 Å². The molecule has 0 aromatic carbocycles. The van der Waals surface area contributed by atoms with Gasteiger partial charge in [0.2, 0.25) is 5.95 Å².